The summed E-state index contributed by atoms with van der Waals surface area (Å²) in [5.41, 5.74) is 0.713. The van der Waals surface area contributed by atoms with Crippen LogP contribution in [0.5, 0.6) is 0 Å². The maximum absolute atomic E-state index is 9.86. The van der Waals surface area contributed by atoms with Crippen LogP contribution < -0.4 is 5.32 Å². The summed E-state index contributed by atoms with van der Waals surface area (Å²) in [6, 6.07) is 7.38. The van der Waals surface area contributed by atoms with Crippen molar-refractivity contribution in [3.8, 4) is 0 Å². The molecule has 5 atom stereocenters. The van der Waals surface area contributed by atoms with Crippen LogP contribution in [-0.4, -0.2) is 57.7 Å². The smallest absolute Gasteiger partial charge is 0.157 e. The molecule has 106 valence electrons. The van der Waals surface area contributed by atoms with Gasteiger partial charge in [0.2, 0.25) is 0 Å². The first-order valence-electron chi connectivity index (χ1n) is 5.85. The highest BCUT2D eigenvalue weighted by atomic mass is 127. The number of anilines is 1. The minimum atomic E-state index is -1.37. The number of aliphatic hydroxyl groups is 4. The van der Waals surface area contributed by atoms with E-state index in [2.05, 4.69) is 27.9 Å². The van der Waals surface area contributed by atoms with E-state index < -0.39 is 37.3 Å². The quantitative estimate of drug-likeness (QED) is 0.453. The molecule has 0 aliphatic carbocycles. The van der Waals surface area contributed by atoms with E-state index in [9.17, 15) is 15.3 Å². The molecule has 0 spiro atoms. The lowest BCUT2D eigenvalue weighted by Crippen LogP contribution is -2.60. The predicted molar refractivity (Wildman–Crippen MR) is 76.5 cm³/mol. The van der Waals surface area contributed by atoms with Crippen molar-refractivity contribution >= 4 is 28.3 Å². The molecule has 19 heavy (non-hydrogen) atoms. The van der Waals surface area contributed by atoms with Crippen LogP contribution in [0.25, 0.3) is 0 Å². The van der Waals surface area contributed by atoms with Crippen molar-refractivity contribution in [1.82, 2.24) is 0 Å². The number of ether oxygens (including phenoxy) is 1. The number of halogens is 1. The van der Waals surface area contributed by atoms with Gasteiger partial charge in [0.25, 0.3) is 0 Å². The second-order valence-corrected chi connectivity index (χ2v) is 5.65. The fourth-order valence-electron chi connectivity index (χ4n) is 1.93. The molecule has 0 radical (unpaired) electrons. The Kier molecular flexibility index (Phi) is 4.98. The molecule has 1 aliphatic heterocycles. The highest BCUT2D eigenvalue weighted by Gasteiger charge is 2.43. The summed E-state index contributed by atoms with van der Waals surface area (Å²) in [6.45, 7) is -0.435. The Morgan fingerprint density at radius 3 is 2.26 bits per heavy atom. The zero-order chi connectivity index (χ0) is 14.0. The molecular formula is C12H16INO5. The predicted octanol–water partition coefficient (Wildman–Crippen LogP) is -0.497. The van der Waals surface area contributed by atoms with Crippen LogP contribution in [-0.2, 0) is 4.74 Å². The lowest BCUT2D eigenvalue weighted by molar-refractivity contribution is -0.221. The molecule has 5 N–H and O–H groups in total. The van der Waals surface area contributed by atoms with Gasteiger partial charge in [-0.3, -0.25) is 0 Å². The molecule has 1 fully saturated rings. The van der Waals surface area contributed by atoms with Crippen molar-refractivity contribution in [2.45, 2.75) is 30.6 Å². The number of hydrogen-bond acceptors (Lipinski definition) is 6. The molecule has 0 amide bonds. The van der Waals surface area contributed by atoms with E-state index >= 15 is 0 Å². The zero-order valence-electron chi connectivity index (χ0n) is 9.98. The molecule has 1 aromatic carbocycles. The van der Waals surface area contributed by atoms with Crippen LogP contribution in [0.3, 0.4) is 0 Å². The molecule has 0 saturated carbocycles. The van der Waals surface area contributed by atoms with E-state index in [4.69, 9.17) is 9.84 Å². The number of benzene rings is 1. The van der Waals surface area contributed by atoms with Gasteiger partial charge in [0.05, 0.1) is 6.61 Å². The minimum absolute atomic E-state index is 0.435. The average molecular weight is 381 g/mol. The Balaban J connectivity index is 2.08. The summed E-state index contributed by atoms with van der Waals surface area (Å²) in [5, 5.41) is 41.2. The molecule has 0 unspecified atom stereocenters. The van der Waals surface area contributed by atoms with Gasteiger partial charge in [-0.15, -0.1) is 0 Å². The lowest BCUT2D eigenvalue weighted by atomic mass is 9.98. The van der Waals surface area contributed by atoms with Crippen molar-refractivity contribution in [1.29, 1.82) is 0 Å². The Labute approximate surface area is 124 Å². The molecule has 1 heterocycles. The first-order valence-corrected chi connectivity index (χ1v) is 6.93. The van der Waals surface area contributed by atoms with E-state index in [1.807, 2.05) is 24.3 Å². The van der Waals surface area contributed by atoms with Crippen LogP contribution in [0.2, 0.25) is 0 Å². The Bertz CT molecular complexity index is 413. The molecule has 2 rings (SSSR count). The van der Waals surface area contributed by atoms with Crippen molar-refractivity contribution in [2.75, 3.05) is 11.9 Å². The fraction of sp³-hybridized carbons (Fsp3) is 0.500. The summed E-state index contributed by atoms with van der Waals surface area (Å²) >= 11 is 2.17. The van der Waals surface area contributed by atoms with Gasteiger partial charge >= 0.3 is 0 Å². The first-order chi connectivity index (χ1) is 9.02. The highest BCUT2D eigenvalue weighted by molar-refractivity contribution is 14.1. The van der Waals surface area contributed by atoms with Crippen molar-refractivity contribution < 1.29 is 25.2 Å². The van der Waals surface area contributed by atoms with Crippen molar-refractivity contribution in [3.05, 3.63) is 27.8 Å². The van der Waals surface area contributed by atoms with Crippen molar-refractivity contribution in [2.24, 2.45) is 0 Å². The average Bonchev–Trinajstić information content (AvgIpc) is 2.42. The van der Waals surface area contributed by atoms with Crippen LogP contribution in [0.15, 0.2) is 24.3 Å². The SMILES string of the molecule is OC[C@H]1O[C@@H](Nc2ccc(I)cc2)[C@H](O)[C@@H](O)[C@H]1O. The molecule has 7 heteroatoms. The summed E-state index contributed by atoms with van der Waals surface area (Å²) in [6.07, 6.45) is -5.78. The summed E-state index contributed by atoms with van der Waals surface area (Å²) in [7, 11) is 0. The first kappa shape index (κ1) is 14.9. The number of aliphatic hydroxyl groups excluding tert-OH is 4. The van der Waals surface area contributed by atoms with Gasteiger partial charge in [-0.05, 0) is 46.9 Å². The molecule has 1 aliphatic rings. The van der Waals surface area contributed by atoms with Crippen LogP contribution in [0.1, 0.15) is 0 Å². The van der Waals surface area contributed by atoms with Gasteiger partial charge in [-0.1, -0.05) is 0 Å². The van der Waals surface area contributed by atoms with E-state index in [1.54, 1.807) is 0 Å². The maximum Gasteiger partial charge on any atom is 0.157 e. The third kappa shape index (κ3) is 3.36. The molecule has 1 saturated heterocycles. The topological polar surface area (TPSA) is 102 Å². The van der Waals surface area contributed by atoms with Crippen LogP contribution in [0, 0.1) is 3.57 Å². The third-order valence-corrected chi connectivity index (χ3v) is 3.76. The Hall–Kier alpha value is -0.450. The standard InChI is InChI=1S/C12H16INO5/c13-6-1-3-7(4-2-6)14-12-11(18)10(17)9(16)8(5-15)19-12/h1-4,8-12,14-18H,5H2/t8-,9+,10+,11-,12-/m1/s1. The van der Waals surface area contributed by atoms with E-state index in [0.717, 1.165) is 3.57 Å². The van der Waals surface area contributed by atoms with Gasteiger partial charge in [0.15, 0.2) is 6.23 Å². The Morgan fingerprint density at radius 2 is 1.68 bits per heavy atom. The normalized spacial score (nSPS) is 35.1. The number of hydrogen-bond donors (Lipinski definition) is 5. The van der Waals surface area contributed by atoms with Gasteiger partial charge in [0, 0.05) is 9.26 Å². The molecular weight excluding hydrogens is 365 g/mol. The fourth-order valence-corrected chi connectivity index (χ4v) is 2.29. The van der Waals surface area contributed by atoms with Gasteiger partial charge in [0.1, 0.15) is 24.4 Å². The van der Waals surface area contributed by atoms with E-state index in [-0.39, 0.29) is 0 Å². The number of rotatable bonds is 3. The second-order valence-electron chi connectivity index (χ2n) is 4.40. The van der Waals surface area contributed by atoms with Crippen LogP contribution in [0.4, 0.5) is 5.69 Å². The summed E-state index contributed by atoms with van der Waals surface area (Å²) in [4.78, 5) is 0. The third-order valence-electron chi connectivity index (χ3n) is 3.05. The van der Waals surface area contributed by atoms with E-state index in [1.165, 1.54) is 0 Å². The lowest BCUT2D eigenvalue weighted by Gasteiger charge is -2.40. The Morgan fingerprint density at radius 1 is 1.05 bits per heavy atom. The van der Waals surface area contributed by atoms with Crippen LogP contribution >= 0.6 is 22.6 Å². The minimum Gasteiger partial charge on any atom is -0.394 e. The monoisotopic (exact) mass is 381 g/mol. The molecule has 6 nitrogen and oxygen atoms in total. The largest absolute Gasteiger partial charge is 0.394 e. The zero-order valence-corrected chi connectivity index (χ0v) is 12.1. The van der Waals surface area contributed by atoms with E-state index in [0.29, 0.717) is 5.69 Å². The maximum atomic E-state index is 9.86. The summed E-state index contributed by atoms with van der Waals surface area (Å²) < 4.78 is 6.41. The highest BCUT2D eigenvalue weighted by Crippen LogP contribution is 2.23. The van der Waals surface area contributed by atoms with Gasteiger partial charge < -0.3 is 30.5 Å². The summed E-state index contributed by atoms with van der Waals surface area (Å²) in [5.74, 6) is 0. The number of nitrogens with one attached hydrogen (secondary N) is 1. The molecule has 0 bridgehead atoms. The second kappa shape index (κ2) is 6.33. The van der Waals surface area contributed by atoms with Crippen molar-refractivity contribution in [3.63, 3.8) is 0 Å². The van der Waals surface area contributed by atoms with Gasteiger partial charge in [-0.25, -0.2) is 0 Å². The molecule has 1 aromatic rings. The molecule has 0 aromatic heterocycles. The van der Waals surface area contributed by atoms with Gasteiger partial charge in [-0.2, -0.15) is 0 Å².